The van der Waals surface area contributed by atoms with Crippen molar-refractivity contribution in [1.82, 2.24) is 14.8 Å². The molecule has 5 heteroatoms. The molecular weight excluding hydrogens is 314 g/mol. The van der Waals surface area contributed by atoms with Gasteiger partial charge in [0.2, 0.25) is 0 Å². The first-order valence-electron chi connectivity index (χ1n) is 8.82. The summed E-state index contributed by atoms with van der Waals surface area (Å²) in [5.41, 5.74) is 2.25. The van der Waals surface area contributed by atoms with E-state index in [0.29, 0.717) is 17.8 Å². The summed E-state index contributed by atoms with van der Waals surface area (Å²) in [6, 6.07) is 12.0. The zero-order valence-electron chi connectivity index (χ0n) is 14.9. The second kappa shape index (κ2) is 7.66. The summed E-state index contributed by atoms with van der Waals surface area (Å²) in [6.07, 6.45) is 3.76. The number of aromatic amines is 1. The van der Waals surface area contributed by atoms with Gasteiger partial charge in [-0.05, 0) is 38.4 Å². The molecule has 1 aromatic heterocycles. The van der Waals surface area contributed by atoms with E-state index in [9.17, 15) is 9.59 Å². The minimum absolute atomic E-state index is 0.0115. The summed E-state index contributed by atoms with van der Waals surface area (Å²) < 4.78 is 0. The molecule has 0 unspecified atom stereocenters. The molecule has 0 saturated carbocycles. The number of carbonyl (C=O) groups is 2. The summed E-state index contributed by atoms with van der Waals surface area (Å²) in [4.78, 5) is 31.8. The van der Waals surface area contributed by atoms with Crippen molar-refractivity contribution in [2.45, 2.75) is 25.8 Å². The Labute approximate surface area is 148 Å². The fraction of sp³-hybridized carbons (Fsp3) is 0.400. The Kier molecular flexibility index (Phi) is 5.34. The molecule has 1 atom stereocenters. The number of ketones is 1. The van der Waals surface area contributed by atoms with Gasteiger partial charge < -0.3 is 9.88 Å². The average molecular weight is 339 g/mol. The standard InChI is InChI=1S/C20H25N3O2/c1-15(16-8-4-3-5-9-16)22(2)14-19(24)17-12-18(21-13-17)20(25)23-10-6-7-11-23/h3-5,8-9,12-13,15,21H,6-7,10-11,14H2,1-2H3/t15-/m1/s1. The number of H-pyrrole nitrogens is 1. The topological polar surface area (TPSA) is 56.4 Å². The highest BCUT2D eigenvalue weighted by Crippen LogP contribution is 2.19. The SMILES string of the molecule is C[C@H](c1ccccc1)N(C)CC(=O)c1c[nH]c(C(=O)N2CCCC2)c1. The van der Waals surface area contributed by atoms with Crippen LogP contribution in [0.3, 0.4) is 0 Å². The van der Waals surface area contributed by atoms with Crippen LogP contribution in [0.25, 0.3) is 0 Å². The molecule has 132 valence electrons. The van der Waals surface area contributed by atoms with Gasteiger partial charge in [0.05, 0.1) is 6.54 Å². The van der Waals surface area contributed by atoms with Crippen molar-refractivity contribution in [1.29, 1.82) is 0 Å². The molecule has 2 heterocycles. The van der Waals surface area contributed by atoms with Crippen molar-refractivity contribution in [3.8, 4) is 0 Å². The Morgan fingerprint density at radius 3 is 2.56 bits per heavy atom. The zero-order chi connectivity index (χ0) is 17.8. The lowest BCUT2D eigenvalue weighted by molar-refractivity contribution is 0.0787. The summed E-state index contributed by atoms with van der Waals surface area (Å²) in [5, 5.41) is 0. The number of aromatic nitrogens is 1. The minimum Gasteiger partial charge on any atom is -0.356 e. The molecule has 1 aliphatic heterocycles. The largest absolute Gasteiger partial charge is 0.356 e. The van der Waals surface area contributed by atoms with E-state index < -0.39 is 0 Å². The number of likely N-dealkylation sites (N-methyl/N-ethyl adjacent to an activating group) is 1. The first kappa shape index (κ1) is 17.4. The van der Waals surface area contributed by atoms with Gasteiger partial charge in [-0.3, -0.25) is 14.5 Å². The molecule has 0 spiro atoms. The maximum Gasteiger partial charge on any atom is 0.270 e. The molecule has 3 rings (SSSR count). The minimum atomic E-state index is -0.0115. The van der Waals surface area contributed by atoms with Crippen molar-refractivity contribution >= 4 is 11.7 Å². The molecular formula is C20H25N3O2. The van der Waals surface area contributed by atoms with Crippen molar-refractivity contribution in [3.05, 3.63) is 59.4 Å². The van der Waals surface area contributed by atoms with Crippen LogP contribution in [0.2, 0.25) is 0 Å². The molecule has 2 aromatic rings. The van der Waals surface area contributed by atoms with Crippen LogP contribution in [-0.2, 0) is 0 Å². The summed E-state index contributed by atoms with van der Waals surface area (Å²) >= 11 is 0. The van der Waals surface area contributed by atoms with Gasteiger partial charge in [-0.2, -0.15) is 0 Å². The number of rotatable bonds is 6. The van der Waals surface area contributed by atoms with Crippen LogP contribution in [0.4, 0.5) is 0 Å². The second-order valence-corrected chi connectivity index (χ2v) is 6.73. The van der Waals surface area contributed by atoms with Crippen LogP contribution in [0.5, 0.6) is 0 Å². The number of hydrogen-bond acceptors (Lipinski definition) is 3. The van der Waals surface area contributed by atoms with Gasteiger partial charge in [-0.25, -0.2) is 0 Å². The first-order valence-corrected chi connectivity index (χ1v) is 8.82. The fourth-order valence-electron chi connectivity index (χ4n) is 3.21. The summed E-state index contributed by atoms with van der Waals surface area (Å²) in [5.74, 6) is 0.00422. The van der Waals surface area contributed by atoms with Gasteiger partial charge in [-0.1, -0.05) is 30.3 Å². The number of Topliss-reactive ketones (excluding diaryl/α,β-unsaturated/α-hetero) is 1. The van der Waals surface area contributed by atoms with E-state index >= 15 is 0 Å². The Bertz CT molecular complexity index is 732. The normalized spacial score (nSPS) is 15.6. The van der Waals surface area contributed by atoms with Gasteiger partial charge in [0.25, 0.3) is 5.91 Å². The maximum atomic E-state index is 12.6. The predicted octanol–water partition coefficient (Wildman–Crippen LogP) is 3.13. The number of carbonyl (C=O) groups excluding carboxylic acids is 2. The summed E-state index contributed by atoms with van der Waals surface area (Å²) in [6.45, 7) is 4.00. The van der Waals surface area contributed by atoms with E-state index in [1.807, 2.05) is 35.0 Å². The van der Waals surface area contributed by atoms with Crippen LogP contribution in [0, 0.1) is 0 Å². The fourth-order valence-corrected chi connectivity index (χ4v) is 3.21. The van der Waals surface area contributed by atoms with Crippen molar-refractivity contribution in [2.24, 2.45) is 0 Å². The number of nitrogens with zero attached hydrogens (tertiary/aromatic N) is 2. The first-order chi connectivity index (χ1) is 12.1. The van der Waals surface area contributed by atoms with Crippen molar-refractivity contribution in [3.63, 3.8) is 0 Å². The molecule has 0 aliphatic carbocycles. The Balaban J connectivity index is 1.62. The lowest BCUT2D eigenvalue weighted by atomic mass is 10.1. The molecule has 5 nitrogen and oxygen atoms in total. The zero-order valence-corrected chi connectivity index (χ0v) is 14.9. The Morgan fingerprint density at radius 2 is 1.88 bits per heavy atom. The monoisotopic (exact) mass is 339 g/mol. The molecule has 25 heavy (non-hydrogen) atoms. The lowest BCUT2D eigenvalue weighted by Crippen LogP contribution is -2.29. The molecule has 1 N–H and O–H groups in total. The van der Waals surface area contributed by atoms with Gasteiger partial charge in [0, 0.05) is 30.9 Å². The van der Waals surface area contributed by atoms with E-state index in [1.165, 1.54) is 5.56 Å². The third-order valence-electron chi connectivity index (χ3n) is 4.96. The number of nitrogens with one attached hydrogen (secondary N) is 1. The van der Waals surface area contributed by atoms with Gasteiger partial charge in [-0.15, -0.1) is 0 Å². The van der Waals surface area contributed by atoms with Crippen LogP contribution < -0.4 is 0 Å². The number of amides is 1. The van der Waals surface area contributed by atoms with E-state index in [1.54, 1.807) is 12.3 Å². The van der Waals surface area contributed by atoms with Crippen molar-refractivity contribution in [2.75, 3.05) is 26.7 Å². The summed E-state index contributed by atoms with van der Waals surface area (Å²) in [7, 11) is 1.94. The maximum absolute atomic E-state index is 12.6. The van der Waals surface area contributed by atoms with E-state index in [4.69, 9.17) is 0 Å². The van der Waals surface area contributed by atoms with Gasteiger partial charge in [0.15, 0.2) is 5.78 Å². The van der Waals surface area contributed by atoms with Crippen molar-refractivity contribution < 1.29 is 9.59 Å². The predicted molar refractivity (Wildman–Crippen MR) is 97.7 cm³/mol. The highest BCUT2D eigenvalue weighted by Gasteiger charge is 2.22. The molecule has 0 bridgehead atoms. The number of likely N-dealkylation sites (tertiary alicyclic amines) is 1. The highest BCUT2D eigenvalue weighted by molar-refractivity contribution is 6.01. The molecule has 1 aromatic carbocycles. The molecule has 1 saturated heterocycles. The number of hydrogen-bond donors (Lipinski definition) is 1. The van der Waals surface area contributed by atoms with E-state index in [0.717, 1.165) is 25.9 Å². The van der Waals surface area contributed by atoms with Gasteiger partial charge in [0.1, 0.15) is 5.69 Å². The van der Waals surface area contributed by atoms with Crippen LogP contribution in [-0.4, -0.2) is 53.2 Å². The third-order valence-corrected chi connectivity index (χ3v) is 4.96. The van der Waals surface area contributed by atoms with Crippen LogP contribution in [0.15, 0.2) is 42.6 Å². The number of benzene rings is 1. The third kappa shape index (κ3) is 3.99. The quantitative estimate of drug-likeness (QED) is 0.823. The second-order valence-electron chi connectivity index (χ2n) is 6.73. The van der Waals surface area contributed by atoms with Crippen LogP contribution in [0.1, 0.15) is 52.2 Å². The molecule has 1 fully saturated rings. The smallest absolute Gasteiger partial charge is 0.270 e. The molecule has 1 amide bonds. The Hall–Kier alpha value is -2.40. The molecule has 0 radical (unpaired) electrons. The lowest BCUT2D eigenvalue weighted by Gasteiger charge is -2.24. The van der Waals surface area contributed by atoms with E-state index in [2.05, 4.69) is 24.0 Å². The Morgan fingerprint density at radius 1 is 1.20 bits per heavy atom. The average Bonchev–Trinajstić information content (AvgIpc) is 3.33. The highest BCUT2D eigenvalue weighted by atomic mass is 16.2. The van der Waals surface area contributed by atoms with Gasteiger partial charge >= 0.3 is 0 Å². The van der Waals surface area contributed by atoms with E-state index in [-0.39, 0.29) is 17.7 Å². The molecule has 1 aliphatic rings. The van der Waals surface area contributed by atoms with Crippen LogP contribution >= 0.6 is 0 Å².